The average Bonchev–Trinajstić information content (AvgIpc) is 3.00. The summed E-state index contributed by atoms with van der Waals surface area (Å²) in [5.74, 6) is 20.7. The van der Waals surface area contributed by atoms with Crippen molar-refractivity contribution in [3.05, 3.63) is 94.6 Å². The summed E-state index contributed by atoms with van der Waals surface area (Å²) in [6, 6.07) is 12.0. The van der Waals surface area contributed by atoms with Gasteiger partial charge in [0.1, 0.15) is 16.1 Å². The maximum absolute atomic E-state index is 4.38. The van der Waals surface area contributed by atoms with Crippen molar-refractivity contribution >= 4 is 16.1 Å². The molecule has 0 saturated heterocycles. The lowest BCUT2D eigenvalue weighted by Crippen LogP contribution is -2.43. The SMILES string of the molecule is CC(C)[Si](C#Cc1ccncc1C#Cc1ccccc1C#Cc1cnccc1C#C[Si](C(C)C)(C(C)C)C(C)C)(C(C)C)C(C)C. The number of hydrogen-bond donors (Lipinski definition) is 0. The fourth-order valence-electron chi connectivity index (χ4n) is 7.39. The molecule has 1 aromatic carbocycles. The van der Waals surface area contributed by atoms with Gasteiger partial charge < -0.3 is 0 Å². The Bertz CT molecular complexity index is 1580. The molecule has 0 radical (unpaired) electrons. The molecule has 0 saturated carbocycles. The van der Waals surface area contributed by atoms with Crippen LogP contribution in [0.15, 0.2) is 61.2 Å². The van der Waals surface area contributed by atoms with E-state index in [0.29, 0.717) is 33.2 Å². The monoisotopic (exact) mass is 640 g/mol. The number of pyridine rings is 2. The first-order valence-electron chi connectivity index (χ1n) is 16.8. The Morgan fingerprint density at radius 2 is 0.674 bits per heavy atom. The van der Waals surface area contributed by atoms with Crippen molar-refractivity contribution in [2.45, 2.75) is 116 Å². The Balaban J connectivity index is 2.04. The molecule has 0 spiro atoms. The summed E-state index contributed by atoms with van der Waals surface area (Å²) >= 11 is 0. The fraction of sp³-hybridized carbons (Fsp3) is 0.429. The number of nitrogens with zero attached hydrogens (tertiary/aromatic N) is 2. The highest BCUT2D eigenvalue weighted by Gasteiger charge is 2.42. The zero-order valence-corrected chi connectivity index (χ0v) is 32.1. The van der Waals surface area contributed by atoms with Gasteiger partial charge in [-0.3, -0.25) is 9.97 Å². The molecule has 2 nitrogen and oxygen atoms in total. The van der Waals surface area contributed by atoms with Gasteiger partial charge in [0.15, 0.2) is 0 Å². The summed E-state index contributed by atoms with van der Waals surface area (Å²) in [7, 11) is -3.74. The predicted octanol–water partition coefficient (Wildman–Crippen LogP) is 10.4. The van der Waals surface area contributed by atoms with E-state index in [4.69, 9.17) is 0 Å². The van der Waals surface area contributed by atoms with Crippen LogP contribution in [0.5, 0.6) is 0 Å². The van der Waals surface area contributed by atoms with Crippen molar-refractivity contribution < 1.29 is 0 Å². The van der Waals surface area contributed by atoms with E-state index >= 15 is 0 Å². The summed E-state index contributed by atoms with van der Waals surface area (Å²) in [4.78, 5) is 8.76. The van der Waals surface area contributed by atoms with E-state index in [1.165, 1.54) is 0 Å². The van der Waals surface area contributed by atoms with E-state index in [0.717, 1.165) is 33.4 Å². The highest BCUT2D eigenvalue weighted by atomic mass is 28.3. The van der Waals surface area contributed by atoms with Crippen LogP contribution in [0.25, 0.3) is 0 Å². The predicted molar refractivity (Wildman–Crippen MR) is 203 cm³/mol. The molecule has 0 fully saturated rings. The fourth-order valence-corrected chi connectivity index (χ4v) is 17.8. The molecular formula is C42H52N2Si2. The molecule has 2 aromatic heterocycles. The minimum atomic E-state index is -1.87. The van der Waals surface area contributed by atoms with E-state index in [1.54, 1.807) is 0 Å². The third-order valence-corrected chi connectivity index (χ3v) is 22.4. The minimum absolute atomic E-state index is 0.568. The third kappa shape index (κ3) is 8.12. The number of hydrogen-bond acceptors (Lipinski definition) is 2. The van der Waals surface area contributed by atoms with Gasteiger partial charge in [0.05, 0.1) is 11.1 Å². The van der Waals surface area contributed by atoms with Crippen LogP contribution in [0.4, 0.5) is 0 Å². The van der Waals surface area contributed by atoms with Gasteiger partial charge in [-0.2, -0.15) is 0 Å². The van der Waals surface area contributed by atoms with Gasteiger partial charge in [-0.25, -0.2) is 0 Å². The Kier molecular flexibility index (Phi) is 12.9. The first-order chi connectivity index (χ1) is 21.8. The summed E-state index contributed by atoms with van der Waals surface area (Å²) in [6.45, 7) is 28.1. The number of rotatable bonds is 6. The van der Waals surface area contributed by atoms with E-state index in [1.807, 2.05) is 61.2 Å². The van der Waals surface area contributed by atoms with Crippen molar-refractivity contribution in [2.75, 3.05) is 0 Å². The van der Waals surface area contributed by atoms with Gasteiger partial charge in [-0.15, -0.1) is 11.1 Å². The summed E-state index contributed by atoms with van der Waals surface area (Å²) in [6.07, 6.45) is 7.26. The normalized spacial score (nSPS) is 11.5. The number of benzene rings is 1. The first kappa shape index (κ1) is 36.7. The molecule has 0 amide bonds. The zero-order chi connectivity index (χ0) is 34.1. The topological polar surface area (TPSA) is 25.8 Å². The quantitative estimate of drug-likeness (QED) is 0.198. The van der Waals surface area contributed by atoms with Crippen LogP contribution in [0, 0.1) is 46.6 Å². The number of aromatic nitrogens is 2. The zero-order valence-electron chi connectivity index (χ0n) is 30.1. The molecule has 0 bridgehead atoms. The molecule has 3 rings (SSSR count). The second-order valence-electron chi connectivity index (χ2n) is 14.2. The van der Waals surface area contributed by atoms with Gasteiger partial charge in [0.25, 0.3) is 0 Å². The summed E-state index contributed by atoms with van der Waals surface area (Å²) < 4.78 is 0. The summed E-state index contributed by atoms with van der Waals surface area (Å²) in [5.41, 5.74) is 16.4. The van der Waals surface area contributed by atoms with Crippen LogP contribution < -0.4 is 0 Å². The van der Waals surface area contributed by atoms with E-state index < -0.39 is 16.1 Å². The van der Waals surface area contributed by atoms with Crippen molar-refractivity contribution in [2.24, 2.45) is 0 Å². The van der Waals surface area contributed by atoms with Gasteiger partial charge in [0.2, 0.25) is 0 Å². The van der Waals surface area contributed by atoms with Crippen molar-refractivity contribution in [1.82, 2.24) is 9.97 Å². The molecule has 0 N–H and O–H groups in total. The molecule has 0 aliphatic heterocycles. The molecule has 2 heterocycles. The van der Waals surface area contributed by atoms with Crippen LogP contribution in [-0.2, 0) is 0 Å². The van der Waals surface area contributed by atoms with Crippen molar-refractivity contribution in [3.63, 3.8) is 0 Å². The highest BCUT2D eigenvalue weighted by Crippen LogP contribution is 2.41. The van der Waals surface area contributed by atoms with E-state index in [2.05, 4.69) is 140 Å². The largest absolute Gasteiger partial charge is 0.263 e. The van der Waals surface area contributed by atoms with Crippen LogP contribution in [0.2, 0.25) is 33.2 Å². The van der Waals surface area contributed by atoms with Crippen LogP contribution in [0.1, 0.15) is 116 Å². The molecule has 0 unspecified atom stereocenters. The van der Waals surface area contributed by atoms with Gasteiger partial charge in [0, 0.05) is 47.0 Å². The van der Waals surface area contributed by atoms with Crippen LogP contribution in [-0.4, -0.2) is 26.1 Å². The van der Waals surface area contributed by atoms with Gasteiger partial charge in [-0.05, 0) is 57.5 Å². The van der Waals surface area contributed by atoms with Gasteiger partial charge >= 0.3 is 0 Å². The smallest absolute Gasteiger partial charge is 0.146 e. The first-order valence-corrected chi connectivity index (χ1v) is 21.3. The van der Waals surface area contributed by atoms with Crippen molar-refractivity contribution in [1.29, 1.82) is 0 Å². The molecule has 4 heteroatoms. The third-order valence-electron chi connectivity index (χ3n) is 9.79. The summed E-state index contributed by atoms with van der Waals surface area (Å²) in [5, 5.41) is 0. The Labute approximate surface area is 282 Å². The van der Waals surface area contributed by atoms with Gasteiger partial charge in [-0.1, -0.05) is 131 Å². The molecular weight excluding hydrogens is 589 g/mol. The Morgan fingerprint density at radius 3 is 0.978 bits per heavy atom. The standard InChI is InChI=1S/C42H52N2Si2/c1-31(2)45(32(3)4,33(5)6)27-23-39-21-25-43-29-41(39)19-17-37-15-13-14-16-38(37)18-20-42-30-44-26-22-40(42)24-28-46(34(7)8,35(9)10)36(11)12/h13-16,21-22,25-26,29-36H,1-12H3. The van der Waals surface area contributed by atoms with E-state index in [-0.39, 0.29) is 0 Å². The maximum Gasteiger partial charge on any atom is 0.146 e. The molecule has 46 heavy (non-hydrogen) atoms. The second-order valence-corrected chi connectivity index (χ2v) is 25.3. The molecule has 0 aliphatic rings. The lowest BCUT2D eigenvalue weighted by atomic mass is 10.1. The second kappa shape index (κ2) is 16.1. The highest BCUT2D eigenvalue weighted by molar-refractivity contribution is 6.91. The van der Waals surface area contributed by atoms with Crippen LogP contribution >= 0.6 is 0 Å². The minimum Gasteiger partial charge on any atom is -0.263 e. The maximum atomic E-state index is 4.38. The van der Waals surface area contributed by atoms with Crippen molar-refractivity contribution in [3.8, 4) is 46.6 Å². The lowest BCUT2D eigenvalue weighted by molar-refractivity contribution is 0.838. The molecule has 0 atom stereocenters. The average molecular weight is 641 g/mol. The molecule has 3 aromatic rings. The Morgan fingerprint density at radius 1 is 0.391 bits per heavy atom. The molecule has 238 valence electrons. The Hall–Kier alpha value is -3.81. The molecule has 0 aliphatic carbocycles. The lowest BCUT2D eigenvalue weighted by Gasteiger charge is -2.38. The van der Waals surface area contributed by atoms with Crippen LogP contribution in [0.3, 0.4) is 0 Å². The van der Waals surface area contributed by atoms with E-state index in [9.17, 15) is 0 Å².